The van der Waals surface area contributed by atoms with E-state index in [1.807, 2.05) is 6.92 Å². The number of likely N-dealkylation sites (tertiary alicyclic amines) is 1. The van der Waals surface area contributed by atoms with Crippen molar-refractivity contribution in [2.45, 2.75) is 39.3 Å². The maximum Gasteiger partial charge on any atom is 0.237 e. The molecular formula is C14H29N3O2. The largest absolute Gasteiger partial charge is 0.383 e. The highest BCUT2D eigenvalue weighted by atomic mass is 16.5. The predicted molar refractivity (Wildman–Crippen MR) is 77.2 cm³/mol. The lowest BCUT2D eigenvalue weighted by atomic mass is 9.93. The number of methoxy groups -OCH3 is 1. The third-order valence-corrected chi connectivity index (χ3v) is 3.94. The zero-order chi connectivity index (χ0) is 14.3. The van der Waals surface area contributed by atoms with Gasteiger partial charge in [0.25, 0.3) is 0 Å². The molecule has 1 saturated heterocycles. The Morgan fingerprint density at radius 1 is 1.53 bits per heavy atom. The molecule has 0 spiro atoms. The van der Waals surface area contributed by atoms with Gasteiger partial charge in [0.1, 0.15) is 0 Å². The van der Waals surface area contributed by atoms with Crippen LogP contribution in [-0.2, 0) is 9.53 Å². The van der Waals surface area contributed by atoms with Crippen LogP contribution < -0.4 is 10.6 Å². The number of carbonyl (C=O) groups excluding carboxylic acids is 1. The highest BCUT2D eigenvalue weighted by Crippen LogP contribution is 2.18. The van der Waals surface area contributed by atoms with Gasteiger partial charge in [-0.1, -0.05) is 13.8 Å². The summed E-state index contributed by atoms with van der Waals surface area (Å²) in [6.07, 6.45) is 1.12. The van der Waals surface area contributed by atoms with Crippen LogP contribution in [0.2, 0.25) is 0 Å². The molecule has 112 valence electrons. The summed E-state index contributed by atoms with van der Waals surface area (Å²) < 4.78 is 4.94. The van der Waals surface area contributed by atoms with E-state index in [4.69, 9.17) is 4.74 Å². The first-order chi connectivity index (χ1) is 9.10. The molecule has 1 amide bonds. The second-order valence-electron chi connectivity index (χ2n) is 5.38. The van der Waals surface area contributed by atoms with Gasteiger partial charge in [0.2, 0.25) is 5.91 Å². The van der Waals surface area contributed by atoms with Crippen molar-refractivity contribution < 1.29 is 9.53 Å². The maximum atomic E-state index is 12.0. The van der Waals surface area contributed by atoms with Crippen LogP contribution >= 0.6 is 0 Å². The van der Waals surface area contributed by atoms with Gasteiger partial charge in [-0.3, -0.25) is 9.69 Å². The quantitative estimate of drug-likeness (QED) is 0.661. The number of carbonyl (C=O) groups is 1. The van der Waals surface area contributed by atoms with Gasteiger partial charge >= 0.3 is 0 Å². The SMILES string of the molecule is CCNC1CCN(C(C)C(=O)NCCOC)CC1C. The smallest absolute Gasteiger partial charge is 0.237 e. The van der Waals surface area contributed by atoms with E-state index in [0.29, 0.717) is 25.1 Å². The fourth-order valence-corrected chi connectivity index (χ4v) is 2.68. The number of rotatable bonds is 7. The van der Waals surface area contributed by atoms with Gasteiger partial charge in [0.05, 0.1) is 12.6 Å². The summed E-state index contributed by atoms with van der Waals surface area (Å²) in [6.45, 7) is 10.5. The van der Waals surface area contributed by atoms with E-state index in [0.717, 1.165) is 26.1 Å². The first kappa shape index (κ1) is 16.4. The molecule has 19 heavy (non-hydrogen) atoms. The number of hydrogen-bond acceptors (Lipinski definition) is 4. The average Bonchev–Trinajstić information content (AvgIpc) is 2.40. The lowest BCUT2D eigenvalue weighted by molar-refractivity contribution is -0.126. The Morgan fingerprint density at radius 2 is 2.26 bits per heavy atom. The van der Waals surface area contributed by atoms with Crippen molar-refractivity contribution in [2.75, 3.05) is 39.9 Å². The molecule has 1 fully saturated rings. The van der Waals surface area contributed by atoms with Crippen molar-refractivity contribution >= 4 is 5.91 Å². The van der Waals surface area contributed by atoms with Gasteiger partial charge in [-0.15, -0.1) is 0 Å². The van der Waals surface area contributed by atoms with Crippen molar-refractivity contribution in [1.82, 2.24) is 15.5 Å². The molecule has 0 saturated carbocycles. The Labute approximate surface area is 117 Å². The summed E-state index contributed by atoms with van der Waals surface area (Å²) in [4.78, 5) is 14.3. The van der Waals surface area contributed by atoms with E-state index in [-0.39, 0.29) is 11.9 Å². The molecule has 0 bridgehead atoms. The van der Waals surface area contributed by atoms with Crippen molar-refractivity contribution in [2.24, 2.45) is 5.92 Å². The standard InChI is InChI=1S/C14H29N3O2/c1-5-15-13-6-8-17(10-11(13)2)12(3)14(18)16-7-9-19-4/h11-13,15H,5-10H2,1-4H3,(H,16,18). The third kappa shape index (κ3) is 5.09. The molecule has 0 aromatic carbocycles. The summed E-state index contributed by atoms with van der Waals surface area (Å²) in [6, 6.07) is 0.534. The van der Waals surface area contributed by atoms with Crippen molar-refractivity contribution in [3.63, 3.8) is 0 Å². The predicted octanol–water partition coefficient (Wildman–Crippen LogP) is 0.457. The van der Waals surface area contributed by atoms with Gasteiger partial charge < -0.3 is 15.4 Å². The highest BCUT2D eigenvalue weighted by molar-refractivity contribution is 5.81. The lowest BCUT2D eigenvalue weighted by Gasteiger charge is -2.39. The van der Waals surface area contributed by atoms with Crippen LogP contribution in [0.25, 0.3) is 0 Å². The summed E-state index contributed by atoms with van der Waals surface area (Å²) in [5, 5.41) is 6.43. The Hall–Kier alpha value is -0.650. The molecule has 1 aliphatic heterocycles. The maximum absolute atomic E-state index is 12.0. The molecule has 2 N–H and O–H groups in total. The Balaban J connectivity index is 2.37. The van der Waals surface area contributed by atoms with E-state index in [2.05, 4.69) is 29.4 Å². The number of nitrogens with one attached hydrogen (secondary N) is 2. The Morgan fingerprint density at radius 3 is 2.84 bits per heavy atom. The third-order valence-electron chi connectivity index (χ3n) is 3.94. The molecule has 0 aliphatic carbocycles. The topological polar surface area (TPSA) is 53.6 Å². The van der Waals surface area contributed by atoms with Crippen molar-refractivity contribution in [3.05, 3.63) is 0 Å². The van der Waals surface area contributed by atoms with Crippen LogP contribution in [0.3, 0.4) is 0 Å². The van der Waals surface area contributed by atoms with Crippen LogP contribution in [-0.4, -0.2) is 62.8 Å². The fraction of sp³-hybridized carbons (Fsp3) is 0.929. The van der Waals surface area contributed by atoms with E-state index in [1.54, 1.807) is 7.11 Å². The molecular weight excluding hydrogens is 242 g/mol. The Bertz CT molecular complexity index is 273. The van der Waals surface area contributed by atoms with E-state index < -0.39 is 0 Å². The van der Waals surface area contributed by atoms with E-state index >= 15 is 0 Å². The van der Waals surface area contributed by atoms with Gasteiger partial charge in [-0.2, -0.15) is 0 Å². The van der Waals surface area contributed by atoms with Crippen LogP contribution in [0.15, 0.2) is 0 Å². The van der Waals surface area contributed by atoms with E-state index in [1.165, 1.54) is 0 Å². The van der Waals surface area contributed by atoms with Gasteiger partial charge in [-0.05, 0) is 25.8 Å². The number of hydrogen-bond donors (Lipinski definition) is 2. The van der Waals surface area contributed by atoms with E-state index in [9.17, 15) is 4.79 Å². The summed E-state index contributed by atoms with van der Waals surface area (Å²) >= 11 is 0. The number of amides is 1. The van der Waals surface area contributed by atoms with Crippen LogP contribution in [0.1, 0.15) is 27.2 Å². The monoisotopic (exact) mass is 271 g/mol. The minimum absolute atomic E-state index is 0.0538. The summed E-state index contributed by atoms with van der Waals surface area (Å²) in [5.41, 5.74) is 0. The molecule has 1 aliphatic rings. The van der Waals surface area contributed by atoms with Crippen LogP contribution in [0.4, 0.5) is 0 Å². The number of nitrogens with zero attached hydrogens (tertiary/aromatic N) is 1. The van der Waals surface area contributed by atoms with Gasteiger partial charge in [-0.25, -0.2) is 0 Å². The Kier molecular flexibility index (Phi) is 7.34. The highest BCUT2D eigenvalue weighted by Gasteiger charge is 2.30. The second kappa shape index (κ2) is 8.51. The molecule has 0 radical (unpaired) electrons. The molecule has 3 atom stereocenters. The fourth-order valence-electron chi connectivity index (χ4n) is 2.68. The molecule has 0 aromatic heterocycles. The second-order valence-corrected chi connectivity index (χ2v) is 5.38. The van der Waals surface area contributed by atoms with Crippen molar-refractivity contribution in [3.8, 4) is 0 Å². The first-order valence-corrected chi connectivity index (χ1v) is 7.34. The van der Waals surface area contributed by atoms with Crippen molar-refractivity contribution in [1.29, 1.82) is 0 Å². The minimum Gasteiger partial charge on any atom is -0.383 e. The molecule has 5 nitrogen and oxygen atoms in total. The zero-order valence-electron chi connectivity index (χ0n) is 12.7. The number of ether oxygens (including phenoxy) is 1. The molecule has 1 rings (SSSR count). The molecule has 0 aromatic rings. The van der Waals surface area contributed by atoms with Gasteiger partial charge in [0.15, 0.2) is 0 Å². The first-order valence-electron chi connectivity index (χ1n) is 7.34. The zero-order valence-corrected chi connectivity index (χ0v) is 12.7. The minimum atomic E-state index is -0.0538. The number of piperidine rings is 1. The molecule has 5 heteroatoms. The normalized spacial score (nSPS) is 26.1. The summed E-state index contributed by atoms with van der Waals surface area (Å²) in [5.74, 6) is 0.689. The van der Waals surface area contributed by atoms with Gasteiger partial charge in [0, 0.05) is 32.8 Å². The molecule has 3 unspecified atom stereocenters. The average molecular weight is 271 g/mol. The molecule has 1 heterocycles. The van der Waals surface area contributed by atoms with Crippen LogP contribution in [0, 0.1) is 5.92 Å². The van der Waals surface area contributed by atoms with Crippen LogP contribution in [0.5, 0.6) is 0 Å². The summed E-state index contributed by atoms with van der Waals surface area (Å²) in [7, 11) is 1.64. The lowest BCUT2D eigenvalue weighted by Crippen LogP contribution is -2.54.